The van der Waals surface area contributed by atoms with Gasteiger partial charge in [0, 0.05) is 0 Å². The predicted molar refractivity (Wildman–Crippen MR) is 119 cm³/mol. The zero-order chi connectivity index (χ0) is 21.4. The Morgan fingerprint density at radius 3 is 2.68 bits per heavy atom. The van der Waals surface area contributed by atoms with Crippen molar-refractivity contribution in [3.8, 4) is 0 Å². The van der Waals surface area contributed by atoms with Gasteiger partial charge in [-0.25, -0.2) is 4.98 Å². The number of hydrogen-bond acceptors (Lipinski definition) is 7. The summed E-state index contributed by atoms with van der Waals surface area (Å²) >= 11 is 2.82. The van der Waals surface area contributed by atoms with E-state index < -0.39 is 0 Å². The summed E-state index contributed by atoms with van der Waals surface area (Å²) in [5.74, 6) is 0.393. The molecule has 3 heterocycles. The maximum absolute atomic E-state index is 12.9. The SMILES string of the molecule is O=C(CSc1nc2ccc(N3C(=O)[C@H]4CCCC[C@@H]4C3=O)cc2s1)NCc1ccco1. The maximum atomic E-state index is 12.9. The van der Waals surface area contributed by atoms with Crippen molar-refractivity contribution >= 4 is 56.7 Å². The Bertz CT molecular complexity index is 1120. The first-order valence-corrected chi connectivity index (χ1v) is 12.1. The van der Waals surface area contributed by atoms with Crippen LogP contribution in [-0.2, 0) is 20.9 Å². The van der Waals surface area contributed by atoms with Crippen LogP contribution in [0.2, 0.25) is 0 Å². The second-order valence-corrected chi connectivity index (χ2v) is 10.0. The number of anilines is 1. The lowest BCUT2D eigenvalue weighted by Crippen LogP contribution is -2.30. The molecule has 31 heavy (non-hydrogen) atoms. The van der Waals surface area contributed by atoms with Gasteiger partial charge < -0.3 is 9.73 Å². The van der Waals surface area contributed by atoms with Crippen LogP contribution in [0.25, 0.3) is 10.2 Å². The van der Waals surface area contributed by atoms with Gasteiger partial charge in [0.25, 0.3) is 0 Å². The number of thiazole rings is 1. The number of nitrogens with zero attached hydrogens (tertiary/aromatic N) is 2. The molecule has 2 aromatic heterocycles. The van der Waals surface area contributed by atoms with Crippen LogP contribution in [0.4, 0.5) is 5.69 Å². The third kappa shape index (κ3) is 3.99. The number of furan rings is 1. The van der Waals surface area contributed by atoms with E-state index in [4.69, 9.17) is 4.42 Å². The van der Waals surface area contributed by atoms with Gasteiger partial charge >= 0.3 is 0 Å². The molecule has 160 valence electrons. The number of benzene rings is 1. The Morgan fingerprint density at radius 1 is 1.19 bits per heavy atom. The molecule has 1 aliphatic heterocycles. The van der Waals surface area contributed by atoms with Crippen molar-refractivity contribution in [1.29, 1.82) is 0 Å². The first-order chi connectivity index (χ1) is 15.1. The van der Waals surface area contributed by atoms with E-state index in [0.29, 0.717) is 18.0 Å². The van der Waals surface area contributed by atoms with Gasteiger partial charge in [-0.05, 0) is 43.2 Å². The van der Waals surface area contributed by atoms with E-state index in [-0.39, 0.29) is 35.3 Å². The summed E-state index contributed by atoms with van der Waals surface area (Å²) in [5, 5.41) is 2.81. The Hall–Kier alpha value is -2.65. The molecule has 0 radical (unpaired) electrons. The molecule has 5 rings (SSSR count). The summed E-state index contributed by atoms with van der Waals surface area (Å²) in [5.41, 5.74) is 1.41. The molecule has 7 nitrogen and oxygen atoms in total. The van der Waals surface area contributed by atoms with E-state index in [9.17, 15) is 14.4 Å². The fourth-order valence-electron chi connectivity index (χ4n) is 4.29. The summed E-state index contributed by atoms with van der Waals surface area (Å²) in [7, 11) is 0. The zero-order valence-electron chi connectivity index (χ0n) is 16.7. The highest BCUT2D eigenvalue weighted by Crippen LogP contribution is 2.41. The highest BCUT2D eigenvalue weighted by Gasteiger charge is 2.48. The van der Waals surface area contributed by atoms with Crippen LogP contribution < -0.4 is 10.2 Å². The van der Waals surface area contributed by atoms with E-state index in [1.54, 1.807) is 18.4 Å². The van der Waals surface area contributed by atoms with E-state index in [1.165, 1.54) is 28.0 Å². The van der Waals surface area contributed by atoms with Crippen LogP contribution in [0.1, 0.15) is 31.4 Å². The number of fused-ring (bicyclic) bond motifs is 2. The molecule has 9 heteroatoms. The lowest BCUT2D eigenvalue weighted by Gasteiger charge is -2.19. The molecule has 3 aromatic rings. The standard InChI is InChI=1S/C22H21N3O4S2/c26-19(23-11-14-4-3-9-29-14)12-30-22-24-17-8-7-13(10-18(17)31-22)25-20(27)15-5-1-2-6-16(15)21(25)28/h3-4,7-10,15-16H,1-2,5-6,11-12H2,(H,23,26)/t15-,16-/m0/s1. The van der Waals surface area contributed by atoms with E-state index in [2.05, 4.69) is 10.3 Å². The third-order valence-electron chi connectivity index (χ3n) is 5.82. The Kier molecular flexibility index (Phi) is 5.54. The van der Waals surface area contributed by atoms with Gasteiger partial charge in [0.15, 0.2) is 4.34 Å². The number of aromatic nitrogens is 1. The molecule has 3 amide bonds. The molecule has 1 N–H and O–H groups in total. The molecule has 1 aliphatic carbocycles. The number of imide groups is 1. The first kappa shape index (κ1) is 20.3. The molecule has 0 bridgehead atoms. The first-order valence-electron chi connectivity index (χ1n) is 10.3. The lowest BCUT2D eigenvalue weighted by molar-refractivity contribution is -0.122. The van der Waals surface area contributed by atoms with E-state index in [1.807, 2.05) is 18.2 Å². The zero-order valence-corrected chi connectivity index (χ0v) is 18.3. The molecule has 2 atom stereocenters. The van der Waals surface area contributed by atoms with Crippen molar-refractivity contribution < 1.29 is 18.8 Å². The van der Waals surface area contributed by atoms with E-state index in [0.717, 1.165) is 40.2 Å². The minimum atomic E-state index is -0.163. The Labute approximate surface area is 187 Å². The topological polar surface area (TPSA) is 92.5 Å². The van der Waals surface area contributed by atoms with Crippen LogP contribution >= 0.6 is 23.1 Å². The highest BCUT2D eigenvalue weighted by molar-refractivity contribution is 8.01. The molecule has 0 spiro atoms. The van der Waals surface area contributed by atoms with Crippen LogP contribution in [0, 0.1) is 11.8 Å². The summed E-state index contributed by atoms with van der Waals surface area (Å²) < 4.78 is 6.87. The van der Waals surface area contributed by atoms with Crippen LogP contribution in [0.3, 0.4) is 0 Å². The molecule has 2 fully saturated rings. The molecule has 2 aliphatic rings. The molecular formula is C22H21N3O4S2. The number of amides is 3. The van der Waals surface area contributed by atoms with Gasteiger partial charge in [0.2, 0.25) is 17.7 Å². The Morgan fingerprint density at radius 2 is 1.97 bits per heavy atom. The molecule has 1 aromatic carbocycles. The second kappa shape index (κ2) is 8.47. The fraction of sp³-hybridized carbons (Fsp3) is 0.364. The van der Waals surface area contributed by atoms with Gasteiger partial charge in [0.1, 0.15) is 5.76 Å². The number of thioether (sulfide) groups is 1. The van der Waals surface area contributed by atoms with Crippen molar-refractivity contribution in [2.24, 2.45) is 11.8 Å². The van der Waals surface area contributed by atoms with Gasteiger partial charge in [0.05, 0.1) is 46.3 Å². The summed E-state index contributed by atoms with van der Waals surface area (Å²) in [6.45, 7) is 0.357. The number of carbonyl (C=O) groups excluding carboxylic acids is 3. The molecule has 1 saturated carbocycles. The smallest absolute Gasteiger partial charge is 0.237 e. The van der Waals surface area contributed by atoms with Crippen molar-refractivity contribution in [2.45, 2.75) is 36.6 Å². The van der Waals surface area contributed by atoms with Gasteiger partial charge in [-0.1, -0.05) is 24.6 Å². The normalized spacial score (nSPS) is 21.0. The van der Waals surface area contributed by atoms with Crippen molar-refractivity contribution in [1.82, 2.24) is 10.3 Å². The van der Waals surface area contributed by atoms with Gasteiger partial charge in [-0.15, -0.1) is 11.3 Å². The Balaban J connectivity index is 1.26. The van der Waals surface area contributed by atoms with Crippen molar-refractivity contribution in [2.75, 3.05) is 10.7 Å². The highest BCUT2D eigenvalue weighted by atomic mass is 32.2. The maximum Gasteiger partial charge on any atom is 0.237 e. The number of hydrogen-bond donors (Lipinski definition) is 1. The van der Waals surface area contributed by atoms with Crippen molar-refractivity contribution in [3.63, 3.8) is 0 Å². The van der Waals surface area contributed by atoms with E-state index >= 15 is 0 Å². The van der Waals surface area contributed by atoms with Crippen molar-refractivity contribution in [3.05, 3.63) is 42.4 Å². The summed E-state index contributed by atoms with van der Waals surface area (Å²) in [4.78, 5) is 43.7. The molecule has 1 saturated heterocycles. The second-order valence-electron chi connectivity index (χ2n) is 7.79. The number of nitrogens with one attached hydrogen (secondary N) is 1. The fourth-order valence-corrected chi connectivity index (χ4v) is 6.22. The largest absolute Gasteiger partial charge is 0.467 e. The van der Waals surface area contributed by atoms with Gasteiger partial charge in [-0.2, -0.15) is 0 Å². The van der Waals surface area contributed by atoms with Crippen LogP contribution in [-0.4, -0.2) is 28.5 Å². The lowest BCUT2D eigenvalue weighted by atomic mass is 9.81. The van der Waals surface area contributed by atoms with Crippen LogP contribution in [0.5, 0.6) is 0 Å². The summed E-state index contributed by atoms with van der Waals surface area (Å²) in [6, 6.07) is 9.08. The predicted octanol–water partition coefficient (Wildman–Crippen LogP) is 3.98. The van der Waals surface area contributed by atoms with Gasteiger partial charge in [-0.3, -0.25) is 19.3 Å². The summed E-state index contributed by atoms with van der Waals surface area (Å²) in [6.07, 6.45) is 5.20. The van der Waals surface area contributed by atoms with Crippen LogP contribution in [0.15, 0.2) is 45.4 Å². The average molecular weight is 456 g/mol. The quantitative estimate of drug-likeness (QED) is 0.447. The monoisotopic (exact) mass is 455 g/mol. The third-order valence-corrected chi connectivity index (χ3v) is 7.98. The number of carbonyl (C=O) groups is 3. The average Bonchev–Trinajstić information content (AvgIpc) is 3.50. The number of rotatable bonds is 6. The molecular weight excluding hydrogens is 434 g/mol. The molecule has 0 unspecified atom stereocenters. The minimum Gasteiger partial charge on any atom is -0.467 e. The minimum absolute atomic E-state index is 0.0682.